The number of H-pyrrole nitrogens is 1. The molecule has 0 amide bonds. The topological polar surface area (TPSA) is 99.3 Å². The number of aromatic amines is 1. The van der Waals surface area contributed by atoms with Crippen molar-refractivity contribution in [2.75, 3.05) is 4.72 Å². The molecular formula is C17H12F2N2O4S. The fourth-order valence-electron chi connectivity index (χ4n) is 2.33. The van der Waals surface area contributed by atoms with Crippen LogP contribution in [-0.4, -0.2) is 24.5 Å². The first kappa shape index (κ1) is 17.6. The van der Waals surface area contributed by atoms with Gasteiger partial charge in [-0.25, -0.2) is 22.0 Å². The van der Waals surface area contributed by atoms with Crippen molar-refractivity contribution in [1.29, 1.82) is 0 Å². The Morgan fingerprint density at radius 2 is 1.65 bits per heavy atom. The highest BCUT2D eigenvalue weighted by Gasteiger charge is 2.20. The number of rotatable bonds is 5. The molecule has 134 valence electrons. The van der Waals surface area contributed by atoms with Crippen LogP contribution in [0.2, 0.25) is 0 Å². The van der Waals surface area contributed by atoms with E-state index in [1.54, 1.807) is 0 Å². The Bertz CT molecular complexity index is 1080. The molecule has 0 spiro atoms. The Morgan fingerprint density at radius 3 is 2.27 bits per heavy atom. The van der Waals surface area contributed by atoms with Gasteiger partial charge in [-0.1, -0.05) is 12.1 Å². The molecule has 2 aromatic carbocycles. The van der Waals surface area contributed by atoms with Gasteiger partial charge in [0.25, 0.3) is 10.0 Å². The summed E-state index contributed by atoms with van der Waals surface area (Å²) >= 11 is 0. The van der Waals surface area contributed by atoms with Gasteiger partial charge < -0.3 is 10.1 Å². The molecule has 9 heteroatoms. The summed E-state index contributed by atoms with van der Waals surface area (Å²) in [4.78, 5) is 12.9. The highest BCUT2D eigenvalue weighted by Crippen LogP contribution is 2.31. The van der Waals surface area contributed by atoms with Crippen molar-refractivity contribution < 1.29 is 27.1 Å². The number of aromatic nitrogens is 1. The lowest BCUT2D eigenvalue weighted by Gasteiger charge is -2.12. The van der Waals surface area contributed by atoms with E-state index in [9.17, 15) is 22.0 Å². The van der Waals surface area contributed by atoms with E-state index in [0.29, 0.717) is 5.56 Å². The van der Waals surface area contributed by atoms with Gasteiger partial charge in [0.15, 0.2) is 0 Å². The molecule has 3 aromatic rings. The predicted molar refractivity (Wildman–Crippen MR) is 90.4 cm³/mol. The summed E-state index contributed by atoms with van der Waals surface area (Å²) in [6.45, 7) is 0. The summed E-state index contributed by atoms with van der Waals surface area (Å²) in [6.07, 6.45) is 1.03. The number of aromatic carboxylic acids is 1. The number of hydrogen-bond donors (Lipinski definition) is 3. The highest BCUT2D eigenvalue weighted by molar-refractivity contribution is 7.92. The van der Waals surface area contributed by atoms with E-state index in [2.05, 4.69) is 9.71 Å². The van der Waals surface area contributed by atoms with Crippen molar-refractivity contribution >= 4 is 21.7 Å². The van der Waals surface area contributed by atoms with Gasteiger partial charge >= 0.3 is 5.97 Å². The Hall–Kier alpha value is -3.20. The maximum Gasteiger partial charge on any atom is 0.352 e. The minimum absolute atomic E-state index is 0.0658. The second-order valence-corrected chi connectivity index (χ2v) is 7.04. The van der Waals surface area contributed by atoms with Gasteiger partial charge in [0.2, 0.25) is 0 Å². The van der Waals surface area contributed by atoms with Gasteiger partial charge in [-0.15, -0.1) is 0 Å². The summed E-state index contributed by atoms with van der Waals surface area (Å²) in [5.74, 6) is -2.39. The average Bonchev–Trinajstić information content (AvgIpc) is 3.08. The van der Waals surface area contributed by atoms with Crippen LogP contribution in [0.15, 0.2) is 59.6 Å². The van der Waals surface area contributed by atoms with E-state index in [1.165, 1.54) is 30.3 Å². The van der Waals surface area contributed by atoms with Gasteiger partial charge in [-0.2, -0.15) is 0 Å². The normalized spacial score (nSPS) is 11.3. The second kappa shape index (κ2) is 6.60. The molecule has 1 heterocycles. The minimum Gasteiger partial charge on any atom is -0.477 e. The monoisotopic (exact) mass is 378 g/mol. The maximum atomic E-state index is 13.6. The number of halogens is 2. The molecule has 0 atom stereocenters. The summed E-state index contributed by atoms with van der Waals surface area (Å²) < 4.78 is 54.0. The standard InChI is InChI=1S/C17H12F2N2O4S/c18-11-3-1-10(2-4-11)14-7-12(19)5-6-15(14)21-26(24,25)13-8-16(17(22)23)20-9-13/h1-9,20-21H,(H,22,23). The zero-order valence-electron chi connectivity index (χ0n) is 13.0. The average molecular weight is 378 g/mol. The molecule has 0 saturated heterocycles. The van der Waals surface area contributed by atoms with Gasteiger partial charge in [0.1, 0.15) is 22.2 Å². The van der Waals surface area contributed by atoms with Gasteiger partial charge in [0.05, 0.1) is 5.69 Å². The Kier molecular flexibility index (Phi) is 4.47. The van der Waals surface area contributed by atoms with Crippen LogP contribution in [0.25, 0.3) is 11.1 Å². The van der Waals surface area contributed by atoms with E-state index >= 15 is 0 Å². The number of anilines is 1. The molecule has 0 aliphatic carbocycles. The third-order valence-electron chi connectivity index (χ3n) is 3.58. The lowest BCUT2D eigenvalue weighted by Crippen LogP contribution is -2.13. The maximum absolute atomic E-state index is 13.6. The number of sulfonamides is 1. The summed E-state index contributed by atoms with van der Waals surface area (Å²) in [5.41, 5.74) is 0.394. The molecule has 26 heavy (non-hydrogen) atoms. The van der Waals surface area contributed by atoms with Gasteiger partial charge in [0, 0.05) is 11.8 Å². The molecule has 0 unspecified atom stereocenters. The number of nitrogens with one attached hydrogen (secondary N) is 2. The van der Waals surface area contributed by atoms with Gasteiger partial charge in [-0.05, 0) is 42.0 Å². The Labute approximate surface area is 147 Å². The van der Waals surface area contributed by atoms with Crippen molar-refractivity contribution in [1.82, 2.24) is 4.98 Å². The summed E-state index contributed by atoms with van der Waals surface area (Å²) in [7, 11) is -4.12. The van der Waals surface area contributed by atoms with Crippen LogP contribution < -0.4 is 4.72 Å². The minimum atomic E-state index is -4.12. The van der Waals surface area contributed by atoms with Crippen LogP contribution in [0.1, 0.15) is 10.5 Å². The van der Waals surface area contributed by atoms with E-state index in [0.717, 1.165) is 24.4 Å². The fourth-order valence-corrected chi connectivity index (χ4v) is 3.40. The first-order valence-electron chi connectivity index (χ1n) is 7.26. The molecule has 0 bridgehead atoms. The molecule has 0 aliphatic heterocycles. The van der Waals surface area contributed by atoms with E-state index in [4.69, 9.17) is 5.11 Å². The summed E-state index contributed by atoms with van der Waals surface area (Å²) in [5, 5.41) is 8.88. The Balaban J connectivity index is 2.01. The second-order valence-electron chi connectivity index (χ2n) is 5.36. The van der Waals surface area contributed by atoms with Crippen molar-refractivity contribution in [2.45, 2.75) is 4.90 Å². The number of carboxylic acid groups (broad SMARTS) is 1. The van der Waals surface area contributed by atoms with Crippen LogP contribution in [0.5, 0.6) is 0 Å². The SMILES string of the molecule is O=C(O)c1cc(S(=O)(=O)Nc2ccc(F)cc2-c2ccc(F)cc2)c[nH]1. The molecule has 0 fully saturated rings. The largest absolute Gasteiger partial charge is 0.477 e. The first-order valence-corrected chi connectivity index (χ1v) is 8.74. The third-order valence-corrected chi connectivity index (χ3v) is 4.92. The van der Waals surface area contributed by atoms with E-state index < -0.39 is 27.6 Å². The predicted octanol–water partition coefficient (Wildman–Crippen LogP) is 3.46. The molecular weight excluding hydrogens is 366 g/mol. The lowest BCUT2D eigenvalue weighted by molar-refractivity contribution is 0.0691. The van der Waals surface area contributed by atoms with Crippen LogP contribution >= 0.6 is 0 Å². The highest BCUT2D eigenvalue weighted by atomic mass is 32.2. The molecule has 6 nitrogen and oxygen atoms in total. The third kappa shape index (κ3) is 3.57. The molecule has 3 rings (SSSR count). The Morgan fingerprint density at radius 1 is 1.00 bits per heavy atom. The number of hydrogen-bond acceptors (Lipinski definition) is 3. The quantitative estimate of drug-likeness (QED) is 0.633. The fraction of sp³-hybridized carbons (Fsp3) is 0. The molecule has 0 aliphatic rings. The van der Waals surface area contributed by atoms with E-state index in [-0.39, 0.29) is 21.8 Å². The smallest absolute Gasteiger partial charge is 0.352 e. The molecule has 1 aromatic heterocycles. The van der Waals surface area contributed by atoms with Crippen LogP contribution in [0.4, 0.5) is 14.5 Å². The van der Waals surface area contributed by atoms with Crippen molar-refractivity contribution in [2.24, 2.45) is 0 Å². The van der Waals surface area contributed by atoms with Crippen LogP contribution in [0, 0.1) is 11.6 Å². The van der Waals surface area contributed by atoms with Crippen molar-refractivity contribution in [3.05, 3.63) is 72.1 Å². The zero-order valence-corrected chi connectivity index (χ0v) is 13.8. The van der Waals surface area contributed by atoms with E-state index in [1.807, 2.05) is 0 Å². The first-order chi connectivity index (χ1) is 12.3. The van der Waals surface area contributed by atoms with Crippen molar-refractivity contribution in [3.63, 3.8) is 0 Å². The zero-order chi connectivity index (χ0) is 18.9. The van der Waals surface area contributed by atoms with Gasteiger partial charge in [-0.3, -0.25) is 4.72 Å². The molecule has 0 radical (unpaired) electrons. The van der Waals surface area contributed by atoms with Crippen molar-refractivity contribution in [3.8, 4) is 11.1 Å². The van der Waals surface area contributed by atoms with Crippen LogP contribution in [-0.2, 0) is 10.0 Å². The molecule has 0 saturated carbocycles. The number of benzene rings is 2. The summed E-state index contributed by atoms with van der Waals surface area (Å²) in [6, 6.07) is 9.51. The number of carbonyl (C=O) groups is 1. The lowest BCUT2D eigenvalue weighted by atomic mass is 10.0. The van der Waals surface area contributed by atoms with Crippen LogP contribution in [0.3, 0.4) is 0 Å². The molecule has 3 N–H and O–H groups in total. The number of carboxylic acids is 1.